The van der Waals surface area contributed by atoms with Crippen molar-refractivity contribution in [2.24, 2.45) is 5.73 Å². The van der Waals surface area contributed by atoms with E-state index in [0.717, 1.165) is 6.07 Å². The predicted octanol–water partition coefficient (Wildman–Crippen LogP) is 2.40. The van der Waals surface area contributed by atoms with Crippen molar-refractivity contribution in [2.45, 2.75) is 18.6 Å². The van der Waals surface area contributed by atoms with Crippen LogP contribution in [0.25, 0.3) is 5.65 Å². The van der Waals surface area contributed by atoms with Crippen molar-refractivity contribution >= 4 is 17.4 Å². The van der Waals surface area contributed by atoms with Gasteiger partial charge in [-0.3, -0.25) is 4.79 Å². The fourth-order valence-electron chi connectivity index (χ4n) is 3.31. The van der Waals surface area contributed by atoms with Gasteiger partial charge in [-0.25, -0.2) is 22.7 Å². The molecule has 0 saturated carbocycles. The summed E-state index contributed by atoms with van der Waals surface area (Å²) in [4.78, 5) is 17.1. The SMILES string of the molecule is NC(=O)c1cnc2ccc(N3C[C@@H](F)C[C@@H]3c3cc(F)cc(F)c3)nn12. The van der Waals surface area contributed by atoms with E-state index in [2.05, 4.69) is 10.1 Å². The molecule has 1 aliphatic heterocycles. The van der Waals surface area contributed by atoms with Gasteiger partial charge in [-0.05, 0) is 29.8 Å². The Labute approximate surface area is 146 Å². The third-order valence-electron chi connectivity index (χ3n) is 4.41. The Kier molecular flexibility index (Phi) is 3.78. The van der Waals surface area contributed by atoms with Crippen molar-refractivity contribution in [3.8, 4) is 0 Å². The zero-order valence-electron chi connectivity index (χ0n) is 13.4. The summed E-state index contributed by atoms with van der Waals surface area (Å²) in [5.41, 5.74) is 6.13. The van der Waals surface area contributed by atoms with E-state index in [0.29, 0.717) is 17.0 Å². The molecule has 0 aliphatic carbocycles. The molecule has 2 N–H and O–H groups in total. The second-order valence-corrected chi connectivity index (χ2v) is 6.17. The van der Waals surface area contributed by atoms with Crippen LogP contribution in [0, 0.1) is 11.6 Å². The standard InChI is InChI=1S/C17H14F3N5O/c18-10-3-9(4-11(19)5-10)13-6-12(20)8-24(13)16-2-1-15-22-7-14(17(21)26)25(15)23-16/h1-5,7,12-13H,6,8H2,(H2,21,26)/t12-,13+/m0/s1. The molecule has 134 valence electrons. The van der Waals surface area contributed by atoms with E-state index in [9.17, 15) is 18.0 Å². The molecular formula is C17H14F3N5O. The maximum atomic E-state index is 14.1. The first kappa shape index (κ1) is 16.4. The number of halogens is 3. The van der Waals surface area contributed by atoms with Crippen molar-refractivity contribution in [2.75, 3.05) is 11.4 Å². The van der Waals surface area contributed by atoms with Crippen molar-refractivity contribution in [3.05, 3.63) is 59.4 Å². The molecule has 1 amide bonds. The highest BCUT2D eigenvalue weighted by molar-refractivity contribution is 5.91. The third kappa shape index (κ3) is 2.75. The molecule has 2 aromatic heterocycles. The van der Waals surface area contributed by atoms with E-state index >= 15 is 0 Å². The van der Waals surface area contributed by atoms with Crippen LogP contribution >= 0.6 is 0 Å². The van der Waals surface area contributed by atoms with E-state index in [4.69, 9.17) is 5.73 Å². The fourth-order valence-corrected chi connectivity index (χ4v) is 3.31. The zero-order chi connectivity index (χ0) is 18.4. The van der Waals surface area contributed by atoms with Crippen LogP contribution in [0.4, 0.5) is 19.0 Å². The average molecular weight is 361 g/mol. The minimum Gasteiger partial charge on any atom is -0.364 e. The second-order valence-electron chi connectivity index (χ2n) is 6.17. The molecule has 0 radical (unpaired) electrons. The number of rotatable bonds is 3. The van der Waals surface area contributed by atoms with Crippen LogP contribution < -0.4 is 10.6 Å². The number of amides is 1. The number of nitrogens with two attached hydrogens (primary N) is 1. The Morgan fingerprint density at radius 3 is 2.62 bits per heavy atom. The van der Waals surface area contributed by atoms with Gasteiger partial charge >= 0.3 is 0 Å². The lowest BCUT2D eigenvalue weighted by molar-refractivity contribution is 0.0993. The summed E-state index contributed by atoms with van der Waals surface area (Å²) < 4.78 is 42.5. The highest BCUT2D eigenvalue weighted by Crippen LogP contribution is 2.37. The summed E-state index contributed by atoms with van der Waals surface area (Å²) >= 11 is 0. The Hall–Kier alpha value is -3.10. The maximum Gasteiger partial charge on any atom is 0.269 e. The third-order valence-corrected chi connectivity index (χ3v) is 4.41. The molecule has 2 atom stereocenters. The lowest BCUT2D eigenvalue weighted by Crippen LogP contribution is -2.26. The largest absolute Gasteiger partial charge is 0.364 e. The predicted molar refractivity (Wildman–Crippen MR) is 87.5 cm³/mol. The van der Waals surface area contributed by atoms with E-state index in [1.54, 1.807) is 17.0 Å². The molecule has 0 unspecified atom stereocenters. The number of imidazole rings is 1. The van der Waals surface area contributed by atoms with Gasteiger partial charge in [0.2, 0.25) is 0 Å². The normalized spacial score (nSPS) is 20.0. The van der Waals surface area contributed by atoms with Crippen molar-refractivity contribution in [3.63, 3.8) is 0 Å². The van der Waals surface area contributed by atoms with Crippen LogP contribution in [0.1, 0.15) is 28.5 Å². The molecule has 4 rings (SSSR count). The number of fused-ring (bicyclic) bond motifs is 1. The second kappa shape index (κ2) is 6.01. The summed E-state index contributed by atoms with van der Waals surface area (Å²) in [5.74, 6) is -1.80. The van der Waals surface area contributed by atoms with Gasteiger partial charge in [-0.2, -0.15) is 0 Å². The molecule has 26 heavy (non-hydrogen) atoms. The van der Waals surface area contributed by atoms with Gasteiger partial charge in [0.25, 0.3) is 5.91 Å². The molecular weight excluding hydrogens is 347 g/mol. The molecule has 1 saturated heterocycles. The Morgan fingerprint density at radius 2 is 1.92 bits per heavy atom. The minimum atomic E-state index is -1.18. The summed E-state index contributed by atoms with van der Waals surface area (Å²) in [6, 6.07) is 5.79. The molecule has 1 aromatic carbocycles. The van der Waals surface area contributed by atoms with Crippen LogP contribution in [0.3, 0.4) is 0 Å². The number of carbonyl (C=O) groups excluding carboxylic acids is 1. The van der Waals surface area contributed by atoms with Gasteiger partial charge in [0.05, 0.1) is 18.8 Å². The smallest absolute Gasteiger partial charge is 0.269 e. The van der Waals surface area contributed by atoms with E-state index < -0.39 is 29.8 Å². The first-order valence-electron chi connectivity index (χ1n) is 7.93. The van der Waals surface area contributed by atoms with E-state index in [1.807, 2.05) is 0 Å². The molecule has 3 heterocycles. The average Bonchev–Trinajstić information content (AvgIpc) is 3.16. The minimum absolute atomic E-state index is 0.0158. The summed E-state index contributed by atoms with van der Waals surface area (Å²) in [6.07, 6.45) is 0.201. The fraction of sp³-hybridized carbons (Fsp3) is 0.235. The monoisotopic (exact) mass is 361 g/mol. The van der Waals surface area contributed by atoms with Crippen molar-refractivity contribution < 1.29 is 18.0 Å². The van der Waals surface area contributed by atoms with Gasteiger partial charge in [0.1, 0.15) is 29.3 Å². The highest BCUT2D eigenvalue weighted by Gasteiger charge is 2.35. The van der Waals surface area contributed by atoms with Gasteiger partial charge < -0.3 is 10.6 Å². The number of hydrogen-bond acceptors (Lipinski definition) is 4. The number of aromatic nitrogens is 3. The summed E-state index contributed by atoms with van der Waals surface area (Å²) in [5, 5.41) is 4.32. The number of carbonyl (C=O) groups is 1. The van der Waals surface area contributed by atoms with E-state index in [1.165, 1.54) is 22.8 Å². The van der Waals surface area contributed by atoms with Gasteiger partial charge in [0, 0.05) is 12.5 Å². The maximum absolute atomic E-state index is 14.1. The topological polar surface area (TPSA) is 76.5 Å². The van der Waals surface area contributed by atoms with Gasteiger partial charge in [-0.15, -0.1) is 5.10 Å². The quantitative estimate of drug-likeness (QED) is 0.777. The van der Waals surface area contributed by atoms with Gasteiger partial charge in [0.15, 0.2) is 5.65 Å². The number of anilines is 1. The molecule has 0 bridgehead atoms. The number of hydrogen-bond donors (Lipinski definition) is 1. The lowest BCUT2D eigenvalue weighted by Gasteiger charge is -2.25. The van der Waals surface area contributed by atoms with Crippen LogP contribution in [0.5, 0.6) is 0 Å². The molecule has 6 nitrogen and oxygen atoms in total. The first-order valence-corrected chi connectivity index (χ1v) is 7.93. The Morgan fingerprint density at radius 1 is 1.19 bits per heavy atom. The van der Waals surface area contributed by atoms with E-state index in [-0.39, 0.29) is 18.7 Å². The van der Waals surface area contributed by atoms with Gasteiger partial charge in [-0.1, -0.05) is 0 Å². The Balaban J connectivity index is 1.78. The number of nitrogens with zero attached hydrogens (tertiary/aromatic N) is 4. The molecule has 0 spiro atoms. The number of alkyl halides is 1. The van der Waals surface area contributed by atoms with Crippen molar-refractivity contribution in [1.29, 1.82) is 0 Å². The number of benzene rings is 1. The Bertz CT molecular complexity index is 985. The first-order chi connectivity index (χ1) is 12.4. The molecule has 9 heteroatoms. The molecule has 1 fully saturated rings. The van der Waals surface area contributed by atoms with Crippen molar-refractivity contribution in [1.82, 2.24) is 14.6 Å². The van der Waals surface area contributed by atoms with Crippen LogP contribution in [0.2, 0.25) is 0 Å². The summed E-state index contributed by atoms with van der Waals surface area (Å²) in [7, 11) is 0. The molecule has 1 aliphatic rings. The van der Waals surface area contributed by atoms with Crippen LogP contribution in [-0.4, -0.2) is 33.2 Å². The summed E-state index contributed by atoms with van der Waals surface area (Å²) in [6.45, 7) is 0.0158. The number of primary amides is 1. The lowest BCUT2D eigenvalue weighted by atomic mass is 10.0. The van der Waals surface area contributed by atoms with Crippen LogP contribution in [0.15, 0.2) is 36.5 Å². The molecule has 3 aromatic rings. The zero-order valence-corrected chi connectivity index (χ0v) is 13.4. The van der Waals surface area contributed by atoms with Crippen LogP contribution in [-0.2, 0) is 0 Å². The highest BCUT2D eigenvalue weighted by atomic mass is 19.1.